The Bertz CT molecular complexity index is 877. The van der Waals surface area contributed by atoms with E-state index in [1.165, 1.54) is 12.8 Å². The first-order valence-corrected chi connectivity index (χ1v) is 10.6. The molecular formula is C24H29N3O2. The molecule has 2 aliphatic rings. The topological polar surface area (TPSA) is 76.3 Å². The van der Waals surface area contributed by atoms with Gasteiger partial charge in [-0.15, -0.1) is 0 Å². The van der Waals surface area contributed by atoms with E-state index in [0.717, 1.165) is 29.5 Å². The van der Waals surface area contributed by atoms with Gasteiger partial charge in [-0.25, -0.2) is 0 Å². The summed E-state index contributed by atoms with van der Waals surface area (Å²) < 4.78 is 0. The molecule has 1 aliphatic carbocycles. The molecule has 1 atom stereocenters. The number of carbonyl (C=O) groups is 2. The molecule has 152 valence electrons. The molecule has 2 N–H and O–H groups in total. The summed E-state index contributed by atoms with van der Waals surface area (Å²) in [5, 5.41) is 0. The quantitative estimate of drug-likeness (QED) is 0.818. The molecule has 2 fully saturated rings. The molecular weight excluding hydrogens is 362 g/mol. The molecule has 2 aromatic rings. The number of aromatic nitrogens is 1. The molecule has 1 saturated heterocycles. The molecule has 0 spiro atoms. The molecule has 5 nitrogen and oxygen atoms in total. The Morgan fingerprint density at radius 3 is 2.55 bits per heavy atom. The minimum absolute atomic E-state index is 0.183. The first kappa shape index (κ1) is 19.6. The molecule has 2 amide bonds. The van der Waals surface area contributed by atoms with Gasteiger partial charge in [0.15, 0.2) is 0 Å². The van der Waals surface area contributed by atoms with Gasteiger partial charge in [-0.05, 0) is 60.4 Å². The van der Waals surface area contributed by atoms with E-state index in [0.29, 0.717) is 38.3 Å². The van der Waals surface area contributed by atoms with Gasteiger partial charge in [0.1, 0.15) is 0 Å². The summed E-state index contributed by atoms with van der Waals surface area (Å²) in [6.07, 6.45) is 10.1. The summed E-state index contributed by atoms with van der Waals surface area (Å²) in [6.45, 7) is 1.05. The van der Waals surface area contributed by atoms with Crippen molar-refractivity contribution in [1.82, 2.24) is 9.88 Å². The number of nitrogens with two attached hydrogens (primary N) is 1. The van der Waals surface area contributed by atoms with Crippen LogP contribution in [0.4, 0.5) is 0 Å². The fraction of sp³-hybridized carbons (Fsp3) is 0.458. The monoisotopic (exact) mass is 391 g/mol. The number of pyridine rings is 1. The van der Waals surface area contributed by atoms with Crippen LogP contribution in [0.1, 0.15) is 44.1 Å². The highest BCUT2D eigenvalue weighted by molar-refractivity contribution is 5.85. The summed E-state index contributed by atoms with van der Waals surface area (Å²) in [4.78, 5) is 31.4. The molecule has 1 saturated carbocycles. The van der Waals surface area contributed by atoms with Crippen molar-refractivity contribution in [1.29, 1.82) is 0 Å². The maximum atomic E-state index is 12.8. The Morgan fingerprint density at radius 1 is 1.10 bits per heavy atom. The van der Waals surface area contributed by atoms with Gasteiger partial charge >= 0.3 is 0 Å². The summed E-state index contributed by atoms with van der Waals surface area (Å²) in [5.74, 6) is 0.388. The normalized spacial score (nSPS) is 22.1. The highest BCUT2D eigenvalue weighted by Gasteiger charge is 2.45. The Labute approximate surface area is 172 Å². The van der Waals surface area contributed by atoms with Crippen molar-refractivity contribution < 1.29 is 9.59 Å². The fourth-order valence-electron chi connectivity index (χ4n) is 4.96. The first-order valence-electron chi connectivity index (χ1n) is 10.6. The summed E-state index contributed by atoms with van der Waals surface area (Å²) >= 11 is 0. The molecule has 0 radical (unpaired) electrons. The van der Waals surface area contributed by atoms with Crippen LogP contribution in [0.25, 0.3) is 11.1 Å². The third kappa shape index (κ3) is 4.19. The number of hydrogen-bond acceptors (Lipinski definition) is 3. The Balaban J connectivity index is 1.53. The molecule has 1 aromatic heterocycles. The predicted molar refractivity (Wildman–Crippen MR) is 113 cm³/mol. The van der Waals surface area contributed by atoms with Crippen LogP contribution >= 0.6 is 0 Å². The number of likely N-dealkylation sites (tertiary alicyclic amines) is 1. The van der Waals surface area contributed by atoms with Crippen LogP contribution in [0.15, 0.2) is 48.8 Å². The minimum Gasteiger partial charge on any atom is -0.369 e. The maximum absolute atomic E-state index is 12.8. The average molecular weight is 392 g/mol. The zero-order valence-electron chi connectivity index (χ0n) is 16.8. The average Bonchev–Trinajstić information content (AvgIpc) is 3.40. The largest absolute Gasteiger partial charge is 0.369 e. The van der Waals surface area contributed by atoms with Gasteiger partial charge in [-0.3, -0.25) is 14.6 Å². The second kappa shape index (κ2) is 8.36. The van der Waals surface area contributed by atoms with Crippen molar-refractivity contribution in [3.63, 3.8) is 0 Å². The van der Waals surface area contributed by atoms with Gasteiger partial charge in [0, 0.05) is 31.9 Å². The number of rotatable bonds is 6. The van der Waals surface area contributed by atoms with E-state index in [-0.39, 0.29) is 11.8 Å². The van der Waals surface area contributed by atoms with Crippen molar-refractivity contribution in [2.45, 2.75) is 44.9 Å². The van der Waals surface area contributed by atoms with Crippen molar-refractivity contribution >= 4 is 11.8 Å². The lowest BCUT2D eigenvalue weighted by atomic mass is 9.78. The zero-order chi connectivity index (χ0) is 20.3. The van der Waals surface area contributed by atoms with Gasteiger partial charge in [0.25, 0.3) is 0 Å². The molecule has 5 heteroatoms. The highest BCUT2D eigenvalue weighted by Crippen LogP contribution is 2.38. The molecule has 4 rings (SSSR count). The van der Waals surface area contributed by atoms with Crippen molar-refractivity contribution in [2.24, 2.45) is 17.1 Å². The van der Waals surface area contributed by atoms with E-state index in [9.17, 15) is 9.59 Å². The summed E-state index contributed by atoms with van der Waals surface area (Å²) in [7, 11) is 0. The smallest absolute Gasteiger partial charge is 0.225 e. The number of nitrogens with zero attached hydrogens (tertiary/aromatic N) is 2. The van der Waals surface area contributed by atoms with Gasteiger partial charge < -0.3 is 10.6 Å². The van der Waals surface area contributed by atoms with Gasteiger partial charge in [0.05, 0.1) is 5.41 Å². The van der Waals surface area contributed by atoms with Crippen molar-refractivity contribution in [3.05, 3.63) is 54.4 Å². The van der Waals surface area contributed by atoms with E-state index in [1.807, 2.05) is 29.2 Å². The van der Waals surface area contributed by atoms with Gasteiger partial charge in [0.2, 0.25) is 11.8 Å². The van der Waals surface area contributed by atoms with Crippen LogP contribution in [0.3, 0.4) is 0 Å². The van der Waals surface area contributed by atoms with Crippen LogP contribution in [-0.2, 0) is 16.0 Å². The Kier molecular flexibility index (Phi) is 5.65. The second-order valence-electron chi connectivity index (χ2n) is 8.63. The first-order chi connectivity index (χ1) is 14.1. The lowest BCUT2D eigenvalue weighted by Gasteiger charge is -2.27. The van der Waals surface area contributed by atoms with Crippen LogP contribution in [-0.4, -0.2) is 34.8 Å². The Hall–Kier alpha value is -2.69. The molecule has 0 bridgehead atoms. The second-order valence-corrected chi connectivity index (χ2v) is 8.63. The van der Waals surface area contributed by atoms with E-state index in [1.54, 1.807) is 12.4 Å². The highest BCUT2D eigenvalue weighted by atomic mass is 16.2. The van der Waals surface area contributed by atoms with E-state index in [4.69, 9.17) is 5.73 Å². The van der Waals surface area contributed by atoms with E-state index in [2.05, 4.69) is 17.1 Å². The molecule has 1 aliphatic heterocycles. The van der Waals surface area contributed by atoms with Gasteiger partial charge in [-0.2, -0.15) is 0 Å². The maximum Gasteiger partial charge on any atom is 0.225 e. The number of primary amides is 1. The lowest BCUT2D eigenvalue weighted by Crippen LogP contribution is -2.42. The Morgan fingerprint density at radius 2 is 1.83 bits per heavy atom. The molecule has 0 unspecified atom stereocenters. The molecule has 1 aromatic carbocycles. The van der Waals surface area contributed by atoms with Gasteiger partial charge in [-0.1, -0.05) is 37.1 Å². The van der Waals surface area contributed by atoms with Crippen LogP contribution in [0.5, 0.6) is 0 Å². The minimum atomic E-state index is -0.700. The number of carbonyl (C=O) groups excluding carboxylic acids is 2. The SMILES string of the molecule is NC(=O)[C@]1(Cc2ccccc2-c2ccncc2)CCN(C(=O)CC2CCCC2)C1. The van der Waals surface area contributed by atoms with Crippen LogP contribution in [0.2, 0.25) is 0 Å². The van der Waals surface area contributed by atoms with Crippen molar-refractivity contribution in [2.75, 3.05) is 13.1 Å². The number of benzene rings is 1. The predicted octanol–water partition coefficient (Wildman–Crippen LogP) is 3.58. The van der Waals surface area contributed by atoms with E-state index < -0.39 is 5.41 Å². The third-order valence-corrected chi connectivity index (χ3v) is 6.70. The zero-order valence-corrected chi connectivity index (χ0v) is 16.8. The standard InChI is InChI=1S/C24H29N3O2/c25-23(29)24(11-14-27(17-24)22(28)15-18-5-1-2-6-18)16-20-7-3-4-8-21(20)19-9-12-26-13-10-19/h3-4,7-10,12-13,18H,1-2,5-6,11,14-17H2,(H2,25,29)/t24-/m0/s1. The van der Waals surface area contributed by atoms with Crippen LogP contribution in [0, 0.1) is 11.3 Å². The number of amides is 2. The number of hydrogen-bond donors (Lipinski definition) is 1. The fourth-order valence-corrected chi connectivity index (χ4v) is 4.96. The molecule has 29 heavy (non-hydrogen) atoms. The third-order valence-electron chi connectivity index (χ3n) is 6.70. The summed E-state index contributed by atoms with van der Waals surface area (Å²) in [6, 6.07) is 12.1. The van der Waals surface area contributed by atoms with Crippen molar-refractivity contribution in [3.8, 4) is 11.1 Å². The van der Waals surface area contributed by atoms with Crippen LogP contribution < -0.4 is 5.73 Å². The molecule has 2 heterocycles. The lowest BCUT2D eigenvalue weighted by molar-refractivity contribution is -0.132. The summed E-state index contributed by atoms with van der Waals surface area (Å²) in [5.41, 5.74) is 8.45. The van der Waals surface area contributed by atoms with E-state index >= 15 is 0 Å².